The smallest absolute Gasteiger partial charge is 0.659 e. The van der Waals surface area contributed by atoms with Crippen LogP contribution >= 0.6 is 0 Å². The van der Waals surface area contributed by atoms with E-state index in [1.165, 1.54) is 0 Å². The summed E-state index contributed by atoms with van der Waals surface area (Å²) in [4.78, 5) is 22.5. The van der Waals surface area contributed by atoms with E-state index in [1.807, 2.05) is 0 Å². The van der Waals surface area contributed by atoms with Gasteiger partial charge in [-0.25, -0.2) is 9.59 Å². The molecule has 0 fully saturated rings. The van der Waals surface area contributed by atoms with E-state index in [0.717, 1.165) is 0 Å². The zero-order valence-electron chi connectivity index (χ0n) is 6.55. The van der Waals surface area contributed by atoms with Crippen molar-refractivity contribution in [3.63, 3.8) is 0 Å². The van der Waals surface area contributed by atoms with Gasteiger partial charge in [0.25, 0.3) is 0 Å². The Kier molecular flexibility index (Phi) is 80.3. The number of carboxylic acid groups (broad SMARTS) is 2. The Morgan fingerprint density at radius 3 is 0.929 bits per heavy atom. The molecule has 0 aliphatic rings. The van der Waals surface area contributed by atoms with Gasteiger partial charge in [-0.05, 0) is 0 Å². The van der Waals surface area contributed by atoms with Crippen LogP contribution in [0.2, 0.25) is 0 Å². The zero-order valence-corrected chi connectivity index (χ0v) is 7.97. The fraction of sp³-hybridized carbons (Fsp3) is 0. The number of rotatable bonds is 0. The van der Waals surface area contributed by atoms with Gasteiger partial charge in [0.15, 0.2) is 0 Å². The summed E-state index contributed by atoms with van der Waals surface area (Å²) >= 11 is 0. The molecule has 0 saturated carbocycles. The first-order chi connectivity index (χ1) is 4.54. The molecule has 12 heteroatoms. The van der Waals surface area contributed by atoms with Crippen LogP contribution in [0.4, 0.5) is 9.59 Å². The van der Waals surface area contributed by atoms with Gasteiger partial charge in [-0.1, -0.05) is 0 Å². The van der Waals surface area contributed by atoms with Gasteiger partial charge in [-0.15, -0.1) is 0 Å². The molecule has 0 rings (SSSR count). The van der Waals surface area contributed by atoms with Crippen molar-refractivity contribution in [2.24, 2.45) is 0 Å². The molecule has 14 heavy (non-hydrogen) atoms. The molecule has 0 aromatic heterocycles. The van der Waals surface area contributed by atoms with Crippen LogP contribution in [-0.4, -0.2) is 62.0 Å². The van der Waals surface area contributed by atoms with Crippen molar-refractivity contribution in [2.75, 3.05) is 0 Å². The van der Waals surface area contributed by atoms with Crippen LogP contribution in [0, 0.1) is 0 Å². The van der Waals surface area contributed by atoms with Crippen LogP contribution in [0.3, 0.4) is 0 Å². The minimum atomic E-state index is -1.80. The van der Waals surface area contributed by atoms with E-state index in [4.69, 9.17) is 30.3 Å². The zero-order chi connectivity index (χ0) is 8.57. The first kappa shape index (κ1) is 38.0. The van der Waals surface area contributed by atoms with E-state index < -0.39 is 12.3 Å². The number of carbonyl (C=O) groups is 2. The molecular weight excluding hydrogens is 224 g/mol. The van der Waals surface area contributed by atoms with Crippen molar-refractivity contribution in [3.8, 4) is 0 Å². The molecule has 0 aromatic carbocycles. The fourth-order valence-corrected chi connectivity index (χ4v) is 0. The molecule has 0 aliphatic carbocycles. The minimum absolute atomic E-state index is 0. The van der Waals surface area contributed by atoms with E-state index in [9.17, 15) is 0 Å². The predicted molar refractivity (Wildman–Crippen MR) is 34.8 cm³/mol. The maximum Gasteiger partial charge on any atom is 2.00 e. The molecule has 84 valence electrons. The summed E-state index contributed by atoms with van der Waals surface area (Å²) in [6.45, 7) is 0. The molecule has 0 aromatic rings. The summed E-state index contributed by atoms with van der Waals surface area (Å²) in [5.41, 5.74) is 0. The third kappa shape index (κ3) is 118. The number of hydrogen-bond donors (Lipinski definition) is 2. The third-order valence-corrected chi connectivity index (χ3v) is 0.143. The summed E-state index contributed by atoms with van der Waals surface area (Å²) in [7, 11) is 0. The van der Waals surface area contributed by atoms with Crippen LogP contribution in [0.15, 0.2) is 0 Å². The van der Waals surface area contributed by atoms with Gasteiger partial charge in [0.05, 0.1) is 0 Å². The largest absolute Gasteiger partial charge is 2.00 e. The summed E-state index contributed by atoms with van der Waals surface area (Å²) in [5, 5.41) is 31.4. The van der Waals surface area contributed by atoms with Gasteiger partial charge in [0, 0.05) is 0 Å². The third-order valence-electron chi connectivity index (χ3n) is 0.143. The SMILES string of the molecule is O.O.O.O=C(O)O[O-].O=C(O)O[O-].[Mg+2]. The molecule has 11 nitrogen and oxygen atoms in total. The Hall–Kier alpha value is -0.894. The second kappa shape index (κ2) is 29.6. The summed E-state index contributed by atoms with van der Waals surface area (Å²) < 4.78 is 0. The first-order valence-electron chi connectivity index (χ1n) is 1.60. The fourth-order valence-electron chi connectivity index (χ4n) is 0. The topological polar surface area (TPSA) is 234 Å². The number of hydrogen-bond acceptors (Lipinski definition) is 6. The van der Waals surface area contributed by atoms with Crippen molar-refractivity contribution in [1.82, 2.24) is 0 Å². The Morgan fingerprint density at radius 1 is 0.857 bits per heavy atom. The molecule has 0 atom stereocenters. The molecule has 0 amide bonds. The molecule has 0 unspecified atom stereocenters. The van der Waals surface area contributed by atoms with Crippen LogP contribution in [0.1, 0.15) is 0 Å². The maximum atomic E-state index is 8.83. The molecule has 0 aliphatic heterocycles. The van der Waals surface area contributed by atoms with Gasteiger partial charge in [0.1, 0.15) is 0 Å². The van der Waals surface area contributed by atoms with Crippen LogP contribution in [0.25, 0.3) is 0 Å². The van der Waals surface area contributed by atoms with Crippen molar-refractivity contribution in [2.45, 2.75) is 0 Å². The normalized spacial score (nSPS) is 4.71. The van der Waals surface area contributed by atoms with E-state index in [-0.39, 0.29) is 39.5 Å². The summed E-state index contributed by atoms with van der Waals surface area (Å²) in [5.74, 6) is 0. The minimum Gasteiger partial charge on any atom is -0.659 e. The molecule has 0 saturated heterocycles. The average Bonchev–Trinajstić information content (AvgIpc) is 1.89. The Labute approximate surface area is 92.4 Å². The van der Waals surface area contributed by atoms with E-state index in [0.29, 0.717) is 0 Å². The Morgan fingerprint density at radius 2 is 0.929 bits per heavy atom. The van der Waals surface area contributed by atoms with Gasteiger partial charge >= 0.3 is 35.4 Å². The predicted octanol–water partition coefficient (Wildman–Crippen LogP) is -4.94. The average molecular weight is 232 g/mol. The van der Waals surface area contributed by atoms with Crippen LogP contribution in [-0.2, 0) is 9.78 Å². The second-order valence-electron chi connectivity index (χ2n) is 0.698. The molecule has 0 heterocycles. The molecule has 0 bridgehead atoms. The second-order valence-corrected chi connectivity index (χ2v) is 0.698. The van der Waals surface area contributed by atoms with E-state index >= 15 is 0 Å². The van der Waals surface area contributed by atoms with Gasteiger partial charge < -0.3 is 46.9 Å². The summed E-state index contributed by atoms with van der Waals surface area (Å²) in [6, 6.07) is 0. The molecule has 8 N–H and O–H groups in total. The van der Waals surface area contributed by atoms with Gasteiger partial charge in [-0.3, -0.25) is 0 Å². The van der Waals surface area contributed by atoms with Crippen LogP contribution in [0.5, 0.6) is 0 Å². The molecule has 0 spiro atoms. The molecular formula is C2H8MgO11. The summed E-state index contributed by atoms with van der Waals surface area (Å²) in [6.07, 6.45) is -3.60. The van der Waals surface area contributed by atoms with Crippen molar-refractivity contribution < 1.29 is 56.5 Å². The standard InChI is InChI=1S/2CH2O4.Mg.3H2O/c2*2-1(3)5-4;;;;/h2*4H,(H,2,3);;3*1H2/q;;+2;;;/p-2. The molecule has 0 radical (unpaired) electrons. The first-order valence-corrected chi connectivity index (χ1v) is 1.60. The van der Waals surface area contributed by atoms with Gasteiger partial charge in [-0.2, -0.15) is 0 Å². The quantitative estimate of drug-likeness (QED) is 0.232. The van der Waals surface area contributed by atoms with Crippen molar-refractivity contribution >= 4 is 35.4 Å². The monoisotopic (exact) mass is 232 g/mol. The Balaban J connectivity index is -0.0000000178. The Bertz CT molecular complexity index is 97.9. The van der Waals surface area contributed by atoms with Crippen LogP contribution < -0.4 is 10.5 Å². The van der Waals surface area contributed by atoms with Gasteiger partial charge in [0.2, 0.25) is 0 Å². The van der Waals surface area contributed by atoms with E-state index in [2.05, 4.69) is 9.78 Å². The maximum absolute atomic E-state index is 8.83. The van der Waals surface area contributed by atoms with Crippen molar-refractivity contribution in [1.29, 1.82) is 0 Å². The van der Waals surface area contributed by atoms with E-state index in [1.54, 1.807) is 0 Å². The van der Waals surface area contributed by atoms with Crippen molar-refractivity contribution in [3.05, 3.63) is 0 Å².